The van der Waals surface area contributed by atoms with Gasteiger partial charge in [0.2, 0.25) is 0 Å². The topological polar surface area (TPSA) is 153 Å². The van der Waals surface area contributed by atoms with E-state index in [4.69, 9.17) is 22.0 Å². The zero-order valence-electron chi connectivity index (χ0n) is 6.50. The lowest BCUT2D eigenvalue weighted by Crippen LogP contribution is -2.32. The van der Waals surface area contributed by atoms with E-state index < -0.39 is 22.3 Å². The smallest absolute Gasteiger partial charge is 0.302 e. The molecule has 0 spiro atoms. The number of nitrogens with one attached hydrogen (secondary N) is 4. The third-order valence-corrected chi connectivity index (χ3v) is 0.992. The van der Waals surface area contributed by atoms with Gasteiger partial charge in [0, 0.05) is 0 Å². The van der Waals surface area contributed by atoms with Gasteiger partial charge in [-0.05, 0) is 0 Å². The molecule has 70 valence electrons. The van der Waals surface area contributed by atoms with Crippen LogP contribution in [-0.2, 0) is 0 Å². The molecule has 0 aliphatic carbocycles. The van der Waals surface area contributed by atoms with Gasteiger partial charge in [0.1, 0.15) is 0 Å². The molecule has 0 aliphatic rings. The van der Waals surface area contributed by atoms with Crippen LogP contribution >= 0.6 is 0 Å². The highest BCUT2D eigenvalue weighted by Gasteiger charge is 2.06. The van der Waals surface area contributed by atoms with Crippen molar-refractivity contribution in [3.05, 3.63) is 22.0 Å². The first-order valence-corrected chi connectivity index (χ1v) is 3.03. The summed E-state index contributed by atoms with van der Waals surface area (Å²) in [6.45, 7) is 0. The summed E-state index contributed by atoms with van der Waals surface area (Å²) in [5.41, 5.74) is 4.36. The summed E-state index contributed by atoms with van der Waals surface area (Å²) in [4.78, 5) is 9.31. The van der Waals surface area contributed by atoms with Crippen LogP contribution in [0.15, 0.2) is 11.9 Å². The predicted octanol–water partition coefficient (Wildman–Crippen LogP) is -0.743. The molecular weight excluding hydrogens is 176 g/mol. The Hall–Kier alpha value is -2.25. The van der Waals surface area contributed by atoms with Gasteiger partial charge in [0.15, 0.2) is 11.7 Å². The zero-order valence-corrected chi connectivity index (χ0v) is 6.50. The minimum Gasteiger partial charge on any atom is -0.381 e. The van der Waals surface area contributed by atoms with E-state index >= 15 is 0 Å². The number of nitrogens with zero attached hydrogens (tertiary/aromatic N) is 1. The van der Waals surface area contributed by atoms with Crippen molar-refractivity contribution in [2.24, 2.45) is 5.73 Å². The molecule has 0 bridgehead atoms. The minimum absolute atomic E-state index is 0.457. The summed E-state index contributed by atoms with van der Waals surface area (Å²) < 4.78 is 0. The number of hydrogen-bond acceptors (Lipinski definition) is 5. The molecule has 0 fully saturated rings. The van der Waals surface area contributed by atoms with Gasteiger partial charge in [0.05, 0.1) is 17.3 Å². The van der Waals surface area contributed by atoms with Gasteiger partial charge in [-0.25, -0.2) is 0 Å². The standard InChI is InChI=1S/C5H8N6O2/c6-1-3(11(12)13)2-10-5(9)4(7)8/h1-2,6H,(H3,7,8)(H2,9,10)/b3-2+,6-1?. The molecule has 0 unspecified atom stereocenters. The predicted molar refractivity (Wildman–Crippen MR) is 46.6 cm³/mol. The van der Waals surface area contributed by atoms with Crippen molar-refractivity contribution in [1.82, 2.24) is 5.32 Å². The molecule has 0 rings (SSSR count). The van der Waals surface area contributed by atoms with E-state index in [-0.39, 0.29) is 0 Å². The van der Waals surface area contributed by atoms with Crippen molar-refractivity contribution in [3.63, 3.8) is 0 Å². The number of hydrogen-bond donors (Lipinski definition) is 5. The molecular formula is C5H8N6O2. The van der Waals surface area contributed by atoms with Crippen LogP contribution in [0.5, 0.6) is 0 Å². The Kier molecular flexibility index (Phi) is 3.80. The summed E-state index contributed by atoms with van der Waals surface area (Å²) >= 11 is 0. The van der Waals surface area contributed by atoms with Crippen LogP contribution in [0.3, 0.4) is 0 Å². The molecule has 8 heteroatoms. The van der Waals surface area contributed by atoms with E-state index in [1.54, 1.807) is 0 Å². The number of rotatable bonds is 3. The van der Waals surface area contributed by atoms with Crippen molar-refractivity contribution >= 4 is 17.9 Å². The summed E-state index contributed by atoms with van der Waals surface area (Å²) in [6, 6.07) is 0. The van der Waals surface area contributed by atoms with Gasteiger partial charge in [-0.1, -0.05) is 0 Å². The lowest BCUT2D eigenvalue weighted by atomic mass is 10.5. The maximum atomic E-state index is 10.1. The second-order valence-electron chi connectivity index (χ2n) is 1.90. The fraction of sp³-hybridized carbons (Fsp3) is 0. The lowest BCUT2D eigenvalue weighted by Gasteiger charge is -1.98. The van der Waals surface area contributed by atoms with E-state index in [0.717, 1.165) is 6.20 Å². The van der Waals surface area contributed by atoms with Crippen molar-refractivity contribution in [2.45, 2.75) is 0 Å². The first-order valence-electron chi connectivity index (χ1n) is 3.03. The van der Waals surface area contributed by atoms with Gasteiger partial charge in [-0.3, -0.25) is 20.9 Å². The lowest BCUT2D eigenvalue weighted by molar-refractivity contribution is -0.414. The van der Waals surface area contributed by atoms with Gasteiger partial charge in [-0.15, -0.1) is 0 Å². The largest absolute Gasteiger partial charge is 0.381 e. The van der Waals surface area contributed by atoms with Crippen LogP contribution in [0, 0.1) is 26.3 Å². The Balaban J connectivity index is 4.40. The molecule has 0 atom stereocenters. The molecule has 0 radical (unpaired) electrons. The quantitative estimate of drug-likeness (QED) is 0.169. The maximum Gasteiger partial charge on any atom is 0.302 e. The Labute approximate surface area is 73.1 Å². The van der Waals surface area contributed by atoms with Gasteiger partial charge in [-0.2, -0.15) is 0 Å². The van der Waals surface area contributed by atoms with E-state index in [1.807, 2.05) is 0 Å². The minimum atomic E-state index is -0.798. The van der Waals surface area contributed by atoms with Crippen LogP contribution in [-0.4, -0.2) is 22.8 Å². The van der Waals surface area contributed by atoms with Crippen molar-refractivity contribution in [2.75, 3.05) is 0 Å². The highest BCUT2D eigenvalue weighted by Crippen LogP contribution is 1.87. The van der Waals surface area contributed by atoms with Crippen LogP contribution in [0.1, 0.15) is 0 Å². The van der Waals surface area contributed by atoms with E-state index in [9.17, 15) is 10.1 Å². The fourth-order valence-electron chi connectivity index (χ4n) is 0.371. The van der Waals surface area contributed by atoms with Crippen molar-refractivity contribution in [3.8, 4) is 0 Å². The molecule has 0 heterocycles. The third kappa shape index (κ3) is 3.60. The van der Waals surface area contributed by atoms with Crippen LogP contribution in [0.4, 0.5) is 0 Å². The van der Waals surface area contributed by atoms with Crippen LogP contribution < -0.4 is 11.1 Å². The monoisotopic (exact) mass is 184 g/mol. The van der Waals surface area contributed by atoms with Crippen molar-refractivity contribution in [1.29, 1.82) is 16.2 Å². The fourth-order valence-corrected chi connectivity index (χ4v) is 0.371. The highest BCUT2D eigenvalue weighted by atomic mass is 16.6. The number of allylic oxidation sites excluding steroid dienone is 1. The molecule has 0 aromatic heterocycles. The molecule has 0 aromatic rings. The first-order chi connectivity index (χ1) is 5.99. The highest BCUT2D eigenvalue weighted by molar-refractivity contribution is 6.37. The summed E-state index contributed by atoms with van der Waals surface area (Å²) in [6.07, 6.45) is 1.33. The van der Waals surface area contributed by atoms with Gasteiger partial charge in [0.25, 0.3) is 0 Å². The molecule has 0 aromatic carbocycles. The molecule has 0 amide bonds. The molecule has 6 N–H and O–H groups in total. The normalized spacial score (nSPS) is 10.3. The maximum absolute atomic E-state index is 10.1. The van der Waals surface area contributed by atoms with E-state index in [2.05, 4.69) is 5.32 Å². The number of nitrogens with two attached hydrogens (primary N) is 1. The molecule has 0 aliphatic heterocycles. The second kappa shape index (κ2) is 4.59. The van der Waals surface area contributed by atoms with Crippen molar-refractivity contribution < 1.29 is 4.92 Å². The average molecular weight is 184 g/mol. The first kappa shape index (κ1) is 10.8. The summed E-state index contributed by atoms with van der Waals surface area (Å²) in [7, 11) is 0. The van der Waals surface area contributed by atoms with Gasteiger partial charge < -0.3 is 16.5 Å². The number of nitro groups is 1. The Morgan fingerprint density at radius 1 is 1.54 bits per heavy atom. The SMILES string of the molecule is N=C/C(=C\NC(=N)C(=N)N)[N+](=O)[O-]. The average Bonchev–Trinajstić information content (AvgIpc) is 2.04. The van der Waals surface area contributed by atoms with Crippen LogP contribution in [0.25, 0.3) is 0 Å². The van der Waals surface area contributed by atoms with Crippen LogP contribution in [0.2, 0.25) is 0 Å². The molecule has 13 heavy (non-hydrogen) atoms. The summed E-state index contributed by atoms with van der Waals surface area (Å²) in [5, 5.41) is 32.5. The van der Waals surface area contributed by atoms with E-state index in [0.29, 0.717) is 6.21 Å². The molecule has 8 nitrogen and oxygen atoms in total. The molecule has 0 saturated carbocycles. The second-order valence-corrected chi connectivity index (χ2v) is 1.90. The Morgan fingerprint density at radius 2 is 2.08 bits per heavy atom. The third-order valence-electron chi connectivity index (χ3n) is 0.992. The van der Waals surface area contributed by atoms with Gasteiger partial charge >= 0.3 is 5.70 Å². The zero-order chi connectivity index (χ0) is 10.4. The molecule has 0 saturated heterocycles. The summed E-state index contributed by atoms with van der Waals surface area (Å²) in [5.74, 6) is -0.995. The Bertz CT molecular complexity index is 293. The van der Waals surface area contributed by atoms with E-state index in [1.165, 1.54) is 0 Å². The number of amidine groups is 2. The Morgan fingerprint density at radius 3 is 2.38 bits per heavy atom.